The number of aliphatic hydroxyl groups excluding tert-OH is 1. The third-order valence-corrected chi connectivity index (χ3v) is 4.64. The van der Waals surface area contributed by atoms with Crippen LogP contribution in [0.4, 0.5) is 16.2 Å². The molecule has 0 radical (unpaired) electrons. The Hall–Kier alpha value is -1.47. The van der Waals surface area contributed by atoms with Gasteiger partial charge in [-0.25, -0.2) is 9.37 Å². The zero-order chi connectivity index (χ0) is 15.4. The summed E-state index contributed by atoms with van der Waals surface area (Å²) in [4.78, 5) is 10.3. The van der Waals surface area contributed by atoms with Gasteiger partial charge in [-0.3, -0.25) is 0 Å². The largest absolute Gasteiger partial charge is 0.396 e. The minimum absolute atomic E-state index is 0.101. The van der Waals surface area contributed by atoms with Gasteiger partial charge >= 0.3 is 0 Å². The van der Waals surface area contributed by atoms with Gasteiger partial charge in [-0.05, 0) is 25.7 Å². The van der Waals surface area contributed by atoms with Crippen LogP contribution in [0.5, 0.6) is 0 Å². The molecular formula is C15H23FN4O2. The van der Waals surface area contributed by atoms with Gasteiger partial charge < -0.3 is 20.1 Å². The first-order valence-corrected chi connectivity index (χ1v) is 7.92. The van der Waals surface area contributed by atoms with Gasteiger partial charge in [0.15, 0.2) is 11.6 Å². The molecular weight excluding hydrogens is 287 g/mol. The van der Waals surface area contributed by atoms with E-state index in [1.165, 1.54) is 6.20 Å². The molecule has 0 saturated carbocycles. The predicted molar refractivity (Wildman–Crippen MR) is 81.5 cm³/mol. The van der Waals surface area contributed by atoms with Crippen LogP contribution >= 0.6 is 0 Å². The Labute approximate surface area is 129 Å². The third-order valence-electron chi connectivity index (χ3n) is 4.64. The summed E-state index contributed by atoms with van der Waals surface area (Å²) in [5.41, 5.74) is -0.205. The van der Waals surface area contributed by atoms with Crippen LogP contribution in [0.15, 0.2) is 6.20 Å². The topological polar surface area (TPSA) is 70.5 Å². The van der Waals surface area contributed by atoms with Crippen LogP contribution in [0, 0.1) is 11.2 Å². The van der Waals surface area contributed by atoms with Crippen molar-refractivity contribution in [1.82, 2.24) is 9.97 Å². The fraction of sp³-hybridized carbons (Fsp3) is 0.733. The number of aliphatic hydroxyl groups is 1. The van der Waals surface area contributed by atoms with E-state index >= 15 is 0 Å². The van der Waals surface area contributed by atoms with Gasteiger partial charge in [-0.15, -0.1) is 0 Å². The molecule has 0 aliphatic carbocycles. The van der Waals surface area contributed by atoms with E-state index in [1.54, 1.807) is 0 Å². The molecule has 0 bridgehead atoms. The van der Waals surface area contributed by atoms with E-state index in [0.29, 0.717) is 31.5 Å². The highest BCUT2D eigenvalue weighted by Crippen LogP contribution is 2.30. The molecule has 0 unspecified atom stereocenters. The average Bonchev–Trinajstić information content (AvgIpc) is 3.09. The lowest BCUT2D eigenvalue weighted by atomic mass is 9.81. The van der Waals surface area contributed by atoms with Gasteiger partial charge in [-0.2, -0.15) is 4.98 Å². The van der Waals surface area contributed by atoms with Crippen LogP contribution in [0.25, 0.3) is 0 Å². The Morgan fingerprint density at radius 2 is 2.05 bits per heavy atom. The molecule has 0 spiro atoms. The monoisotopic (exact) mass is 310 g/mol. The summed E-state index contributed by atoms with van der Waals surface area (Å²) in [5.74, 6) is 0.415. The molecule has 0 atom stereocenters. The maximum Gasteiger partial charge on any atom is 0.224 e. The van der Waals surface area contributed by atoms with Gasteiger partial charge in [0.25, 0.3) is 0 Å². The van der Waals surface area contributed by atoms with Crippen molar-refractivity contribution in [3.05, 3.63) is 12.0 Å². The van der Waals surface area contributed by atoms with Crippen molar-refractivity contribution in [3.8, 4) is 0 Å². The Kier molecular flexibility index (Phi) is 4.73. The third kappa shape index (κ3) is 3.30. The summed E-state index contributed by atoms with van der Waals surface area (Å²) < 4.78 is 19.3. The SMILES string of the molecule is OCC1(CNc2ncc(F)c(N3CCCC3)n2)CCOCC1. The van der Waals surface area contributed by atoms with Gasteiger partial charge in [0.2, 0.25) is 5.95 Å². The fourth-order valence-corrected chi connectivity index (χ4v) is 3.06. The first-order chi connectivity index (χ1) is 10.7. The van der Waals surface area contributed by atoms with E-state index in [1.807, 2.05) is 4.90 Å². The van der Waals surface area contributed by atoms with Gasteiger partial charge in [-0.1, -0.05) is 0 Å². The summed E-state index contributed by atoms with van der Waals surface area (Å²) in [7, 11) is 0. The lowest BCUT2D eigenvalue weighted by molar-refractivity contribution is -0.00865. The van der Waals surface area contributed by atoms with Crippen LogP contribution in [-0.4, -0.2) is 54.5 Å². The standard InChI is InChI=1S/C15H23FN4O2/c16-12-9-17-14(19-13(12)20-5-1-2-6-20)18-10-15(11-21)3-7-22-8-4-15/h9,21H,1-8,10-11H2,(H,17,18,19). The first-order valence-electron chi connectivity index (χ1n) is 7.92. The molecule has 0 amide bonds. The lowest BCUT2D eigenvalue weighted by Gasteiger charge is -2.35. The molecule has 2 fully saturated rings. The Bertz CT molecular complexity index is 502. The minimum Gasteiger partial charge on any atom is -0.396 e. The molecule has 122 valence electrons. The van der Waals surface area contributed by atoms with E-state index in [2.05, 4.69) is 15.3 Å². The molecule has 2 saturated heterocycles. The van der Waals surface area contributed by atoms with E-state index in [-0.39, 0.29) is 17.8 Å². The first kappa shape index (κ1) is 15.4. The summed E-state index contributed by atoms with van der Waals surface area (Å²) in [5, 5.41) is 12.9. The molecule has 3 rings (SSSR count). The molecule has 3 heterocycles. The Balaban J connectivity index is 1.68. The molecule has 0 aromatic carbocycles. The van der Waals surface area contributed by atoms with Gasteiger partial charge in [0.05, 0.1) is 12.8 Å². The molecule has 1 aromatic rings. The molecule has 2 aliphatic heterocycles. The second-order valence-corrected chi connectivity index (χ2v) is 6.18. The van der Waals surface area contributed by atoms with Crippen molar-refractivity contribution in [1.29, 1.82) is 0 Å². The number of aromatic nitrogens is 2. The highest BCUT2D eigenvalue weighted by Gasteiger charge is 2.32. The normalized spacial score (nSPS) is 21.1. The highest BCUT2D eigenvalue weighted by molar-refractivity contribution is 5.44. The number of halogens is 1. The van der Waals surface area contributed by atoms with Gasteiger partial charge in [0.1, 0.15) is 0 Å². The van der Waals surface area contributed by atoms with E-state index in [9.17, 15) is 9.50 Å². The fourth-order valence-electron chi connectivity index (χ4n) is 3.06. The quantitative estimate of drug-likeness (QED) is 0.857. The minimum atomic E-state index is -0.379. The summed E-state index contributed by atoms with van der Waals surface area (Å²) in [6.07, 6.45) is 4.96. The Morgan fingerprint density at radius 1 is 1.32 bits per heavy atom. The second kappa shape index (κ2) is 6.75. The number of anilines is 2. The zero-order valence-corrected chi connectivity index (χ0v) is 12.7. The van der Waals surface area contributed by atoms with Crippen molar-refractivity contribution in [2.75, 3.05) is 49.7 Å². The highest BCUT2D eigenvalue weighted by atomic mass is 19.1. The van der Waals surface area contributed by atoms with Crippen molar-refractivity contribution in [3.63, 3.8) is 0 Å². The second-order valence-electron chi connectivity index (χ2n) is 6.18. The van der Waals surface area contributed by atoms with E-state index in [4.69, 9.17) is 4.74 Å². The predicted octanol–water partition coefficient (Wildman–Crippen LogP) is 1.42. The number of rotatable bonds is 5. The van der Waals surface area contributed by atoms with Crippen LogP contribution in [-0.2, 0) is 4.74 Å². The smallest absolute Gasteiger partial charge is 0.224 e. The zero-order valence-electron chi connectivity index (χ0n) is 12.7. The van der Waals surface area contributed by atoms with Gasteiger partial charge in [0, 0.05) is 38.3 Å². The molecule has 1 aromatic heterocycles. The number of nitrogens with one attached hydrogen (secondary N) is 1. The number of ether oxygens (including phenoxy) is 1. The van der Waals surface area contributed by atoms with Crippen molar-refractivity contribution < 1.29 is 14.2 Å². The summed E-state index contributed by atoms with van der Waals surface area (Å²) in [6.45, 7) is 3.66. The summed E-state index contributed by atoms with van der Waals surface area (Å²) in [6, 6.07) is 0. The summed E-state index contributed by atoms with van der Waals surface area (Å²) >= 11 is 0. The molecule has 6 nitrogen and oxygen atoms in total. The maximum atomic E-state index is 13.9. The van der Waals surface area contributed by atoms with Crippen molar-refractivity contribution in [2.24, 2.45) is 5.41 Å². The van der Waals surface area contributed by atoms with E-state index < -0.39 is 0 Å². The average molecular weight is 310 g/mol. The lowest BCUT2D eigenvalue weighted by Crippen LogP contribution is -2.39. The van der Waals surface area contributed by atoms with E-state index in [0.717, 1.165) is 38.8 Å². The number of hydrogen-bond acceptors (Lipinski definition) is 6. The molecule has 7 heteroatoms. The molecule has 2 N–H and O–H groups in total. The number of hydrogen-bond donors (Lipinski definition) is 2. The maximum absolute atomic E-state index is 13.9. The van der Waals surface area contributed by atoms with Crippen LogP contribution < -0.4 is 10.2 Å². The van der Waals surface area contributed by atoms with Crippen molar-refractivity contribution in [2.45, 2.75) is 25.7 Å². The number of nitrogens with zero attached hydrogens (tertiary/aromatic N) is 3. The molecule has 22 heavy (non-hydrogen) atoms. The molecule has 2 aliphatic rings. The van der Waals surface area contributed by atoms with Crippen molar-refractivity contribution >= 4 is 11.8 Å². The van der Waals surface area contributed by atoms with Crippen LogP contribution in [0.1, 0.15) is 25.7 Å². The van der Waals surface area contributed by atoms with Crippen LogP contribution in [0.2, 0.25) is 0 Å². The van der Waals surface area contributed by atoms with Crippen LogP contribution in [0.3, 0.4) is 0 Å². The Morgan fingerprint density at radius 3 is 2.73 bits per heavy atom.